The summed E-state index contributed by atoms with van der Waals surface area (Å²) in [5.74, 6) is -0.473. The number of likely N-dealkylation sites (N-methyl/N-ethyl adjacent to an activating group) is 1. The first-order chi connectivity index (χ1) is 11.0. The van der Waals surface area contributed by atoms with Crippen molar-refractivity contribution in [1.29, 1.82) is 0 Å². The normalized spacial score (nSPS) is 19.4. The van der Waals surface area contributed by atoms with E-state index in [0.29, 0.717) is 12.1 Å². The third-order valence-corrected chi connectivity index (χ3v) is 5.17. The van der Waals surface area contributed by atoms with E-state index in [-0.39, 0.29) is 22.4 Å². The molecule has 0 aromatic carbocycles. The van der Waals surface area contributed by atoms with Gasteiger partial charge in [0, 0.05) is 30.9 Å². The van der Waals surface area contributed by atoms with E-state index in [1.807, 2.05) is 7.05 Å². The van der Waals surface area contributed by atoms with E-state index in [1.54, 1.807) is 21.7 Å². The van der Waals surface area contributed by atoms with Crippen LogP contribution in [0.5, 0.6) is 0 Å². The van der Waals surface area contributed by atoms with Gasteiger partial charge in [0.25, 0.3) is 5.91 Å². The van der Waals surface area contributed by atoms with E-state index in [0.717, 1.165) is 37.6 Å². The van der Waals surface area contributed by atoms with E-state index in [9.17, 15) is 9.18 Å². The lowest BCUT2D eigenvalue weighted by Crippen LogP contribution is -2.47. The third-order valence-electron chi connectivity index (χ3n) is 4.99. The Kier molecular flexibility index (Phi) is 3.20. The van der Waals surface area contributed by atoms with Gasteiger partial charge in [0.15, 0.2) is 11.6 Å². The van der Waals surface area contributed by atoms with Gasteiger partial charge in [-0.15, -0.1) is 0 Å². The lowest BCUT2D eigenvalue weighted by Gasteiger charge is -2.39. The molecule has 1 spiro atoms. The Morgan fingerprint density at radius 2 is 2.09 bits per heavy atom. The maximum atomic E-state index is 14.3. The van der Waals surface area contributed by atoms with Gasteiger partial charge in [-0.25, -0.2) is 9.37 Å². The number of rotatable bonds is 1. The first kappa shape index (κ1) is 14.6. The Morgan fingerprint density at radius 3 is 2.83 bits per heavy atom. The number of aromatic nitrogens is 3. The molecule has 1 aliphatic heterocycles. The lowest BCUT2D eigenvalue weighted by atomic mass is 9.77. The standard InChI is InChI=1S/C16H16ClFN4O/c1-21-9-16(5-2-3-6-16)12-10(14(21)23)4-7-22(12)13-11(18)8-19-15(17)20-13/h4,7-8H,2-3,5-6,9H2,1H3. The molecule has 2 aliphatic rings. The molecule has 1 fully saturated rings. The molecule has 120 valence electrons. The molecule has 0 radical (unpaired) electrons. The molecule has 0 saturated heterocycles. The second-order valence-electron chi connectivity index (χ2n) is 6.41. The summed E-state index contributed by atoms with van der Waals surface area (Å²) in [5.41, 5.74) is 1.37. The number of hydrogen-bond donors (Lipinski definition) is 0. The summed E-state index contributed by atoms with van der Waals surface area (Å²) in [7, 11) is 1.82. The van der Waals surface area contributed by atoms with Crippen LogP contribution in [0.25, 0.3) is 5.82 Å². The predicted octanol–water partition coefficient (Wildman–Crippen LogP) is 2.96. The summed E-state index contributed by atoms with van der Waals surface area (Å²) >= 11 is 5.84. The van der Waals surface area contributed by atoms with Crippen LogP contribution in [0.1, 0.15) is 41.7 Å². The second kappa shape index (κ2) is 5.03. The molecule has 2 aromatic heterocycles. The van der Waals surface area contributed by atoms with Crippen LogP contribution in [0.2, 0.25) is 5.28 Å². The lowest BCUT2D eigenvalue weighted by molar-refractivity contribution is 0.0719. The van der Waals surface area contributed by atoms with Crippen molar-refractivity contribution in [2.75, 3.05) is 13.6 Å². The largest absolute Gasteiger partial charge is 0.341 e. The molecule has 7 heteroatoms. The van der Waals surface area contributed by atoms with Crippen LogP contribution in [-0.4, -0.2) is 38.9 Å². The topological polar surface area (TPSA) is 51.0 Å². The first-order valence-electron chi connectivity index (χ1n) is 7.67. The minimum Gasteiger partial charge on any atom is -0.341 e. The van der Waals surface area contributed by atoms with Crippen molar-refractivity contribution in [2.45, 2.75) is 31.1 Å². The Labute approximate surface area is 138 Å². The van der Waals surface area contributed by atoms with Crippen molar-refractivity contribution in [3.63, 3.8) is 0 Å². The maximum Gasteiger partial charge on any atom is 0.255 e. The van der Waals surface area contributed by atoms with Gasteiger partial charge < -0.3 is 9.47 Å². The van der Waals surface area contributed by atoms with E-state index in [1.165, 1.54) is 0 Å². The number of halogens is 2. The van der Waals surface area contributed by atoms with Gasteiger partial charge >= 0.3 is 0 Å². The number of carbonyl (C=O) groups excluding carboxylic acids is 1. The molecular formula is C16H16ClFN4O. The van der Waals surface area contributed by atoms with Crippen LogP contribution in [-0.2, 0) is 5.41 Å². The highest BCUT2D eigenvalue weighted by Crippen LogP contribution is 2.46. The van der Waals surface area contributed by atoms with Crippen LogP contribution >= 0.6 is 11.6 Å². The average Bonchev–Trinajstić information content (AvgIpc) is 3.15. The Bertz CT molecular complexity index is 797. The van der Waals surface area contributed by atoms with Crippen LogP contribution in [0, 0.1) is 5.82 Å². The van der Waals surface area contributed by atoms with E-state index < -0.39 is 5.82 Å². The van der Waals surface area contributed by atoms with Gasteiger partial charge in [0.05, 0.1) is 11.8 Å². The third kappa shape index (κ3) is 2.08. The zero-order valence-corrected chi connectivity index (χ0v) is 13.5. The molecule has 1 aliphatic carbocycles. The Balaban J connectivity index is 1.97. The van der Waals surface area contributed by atoms with Crippen molar-refractivity contribution >= 4 is 17.5 Å². The second-order valence-corrected chi connectivity index (χ2v) is 6.75. The molecule has 1 saturated carbocycles. The van der Waals surface area contributed by atoms with Crippen molar-refractivity contribution in [3.05, 3.63) is 40.8 Å². The van der Waals surface area contributed by atoms with E-state index in [4.69, 9.17) is 11.6 Å². The number of carbonyl (C=O) groups is 1. The number of hydrogen-bond acceptors (Lipinski definition) is 3. The van der Waals surface area contributed by atoms with Gasteiger partial charge in [-0.3, -0.25) is 4.79 Å². The molecule has 4 rings (SSSR count). The monoisotopic (exact) mass is 334 g/mol. The first-order valence-corrected chi connectivity index (χ1v) is 8.05. The molecule has 5 nitrogen and oxygen atoms in total. The van der Waals surface area contributed by atoms with Crippen LogP contribution in [0.4, 0.5) is 4.39 Å². The highest BCUT2D eigenvalue weighted by molar-refractivity contribution is 6.28. The smallest absolute Gasteiger partial charge is 0.255 e. The summed E-state index contributed by atoms with van der Waals surface area (Å²) in [5, 5.41) is -0.0106. The minimum atomic E-state index is -0.549. The van der Waals surface area contributed by atoms with Crippen LogP contribution < -0.4 is 0 Å². The van der Waals surface area contributed by atoms with Crippen molar-refractivity contribution in [1.82, 2.24) is 19.4 Å². The molecule has 0 unspecified atom stereocenters. The van der Waals surface area contributed by atoms with Crippen molar-refractivity contribution in [3.8, 4) is 5.82 Å². The van der Waals surface area contributed by atoms with Crippen LogP contribution in [0.15, 0.2) is 18.5 Å². The van der Waals surface area contributed by atoms with Gasteiger partial charge in [-0.1, -0.05) is 12.8 Å². The van der Waals surface area contributed by atoms with Gasteiger partial charge in [0.1, 0.15) is 0 Å². The van der Waals surface area contributed by atoms with E-state index in [2.05, 4.69) is 9.97 Å². The fourth-order valence-electron chi connectivity index (χ4n) is 4.08. The molecular weight excluding hydrogens is 319 g/mol. The minimum absolute atomic E-state index is 0.0106. The molecule has 0 bridgehead atoms. The molecule has 0 atom stereocenters. The number of amides is 1. The van der Waals surface area contributed by atoms with Crippen molar-refractivity contribution in [2.24, 2.45) is 0 Å². The van der Waals surface area contributed by atoms with Crippen molar-refractivity contribution < 1.29 is 9.18 Å². The van der Waals surface area contributed by atoms with Crippen LogP contribution in [0.3, 0.4) is 0 Å². The molecule has 1 amide bonds. The fraction of sp³-hybridized carbons (Fsp3) is 0.438. The van der Waals surface area contributed by atoms with E-state index >= 15 is 0 Å². The molecule has 23 heavy (non-hydrogen) atoms. The summed E-state index contributed by atoms with van der Waals surface area (Å²) in [6.45, 7) is 0.656. The zero-order chi connectivity index (χ0) is 16.2. The quantitative estimate of drug-likeness (QED) is 0.753. The van der Waals surface area contributed by atoms with Gasteiger partial charge in [0.2, 0.25) is 5.28 Å². The SMILES string of the molecule is CN1CC2(CCCC2)c2c(ccn2-c2nc(Cl)ncc2F)C1=O. The molecule has 0 N–H and O–H groups in total. The highest BCUT2D eigenvalue weighted by Gasteiger charge is 2.46. The average molecular weight is 335 g/mol. The molecule has 3 heterocycles. The maximum absolute atomic E-state index is 14.3. The summed E-state index contributed by atoms with van der Waals surface area (Å²) in [6.07, 6.45) is 6.97. The summed E-state index contributed by atoms with van der Waals surface area (Å²) in [6, 6.07) is 1.75. The predicted molar refractivity (Wildman–Crippen MR) is 83.4 cm³/mol. The summed E-state index contributed by atoms with van der Waals surface area (Å²) in [4.78, 5) is 22.0. The molecule has 2 aromatic rings. The fourth-order valence-corrected chi connectivity index (χ4v) is 4.21. The number of fused-ring (bicyclic) bond motifs is 2. The Hall–Kier alpha value is -1.95. The highest BCUT2D eigenvalue weighted by atomic mass is 35.5. The number of nitrogens with zero attached hydrogens (tertiary/aromatic N) is 4. The Morgan fingerprint density at radius 1 is 1.35 bits per heavy atom. The van der Waals surface area contributed by atoms with Gasteiger partial charge in [-0.05, 0) is 30.5 Å². The van der Waals surface area contributed by atoms with Gasteiger partial charge in [-0.2, -0.15) is 4.98 Å². The zero-order valence-electron chi connectivity index (χ0n) is 12.7. The summed E-state index contributed by atoms with van der Waals surface area (Å²) < 4.78 is 15.9.